The Kier molecular flexibility index (Phi) is 20.6. The molecule has 2 aliphatic heterocycles. The standard InChI is InChI=1S/C59H67FN8O13/c1-37(2)54-53(57(75)62-41-10-4-3-5-11-41)51(55(38-16-18-40(60)19-17-38)67(54)24-22-43(69)34-44(70)35-50(72)73)39-9-6-13-45(33-39)81-26-8-12-42-36-66(65-64-42)25-28-79-30-32-80-31-29-78-27-23-61-47-15-7-14-46-52(47)59(77)68(58(46)76)48-20-21-49(71)63-56(48)74/h3-7,9-11,13-19,33,36-37,43-44,48,61,69-70H,8,12,20-32,34-35H2,1-2H3,(H,62,75)(H,72,73)(H,63,71,74)/t43-,44-,48?/m1/s1. The van der Waals surface area contributed by atoms with Gasteiger partial charge in [-0.3, -0.25) is 39.0 Å². The number of fused-ring (bicyclic) bond motifs is 1. The Hall–Kier alpha value is -8.15. The van der Waals surface area contributed by atoms with Gasteiger partial charge in [0.1, 0.15) is 17.6 Å². The smallest absolute Gasteiger partial charge is 0.305 e. The average molecular weight is 1120 g/mol. The number of carbonyl (C=O) groups is 6. The predicted molar refractivity (Wildman–Crippen MR) is 295 cm³/mol. The third-order valence-corrected chi connectivity index (χ3v) is 13.7. The van der Waals surface area contributed by atoms with Crippen LogP contribution in [0.25, 0.3) is 22.4 Å². The summed E-state index contributed by atoms with van der Waals surface area (Å²) in [5.74, 6) is -3.92. The van der Waals surface area contributed by atoms with Gasteiger partial charge in [-0.05, 0) is 110 Å². The number of aliphatic hydroxyl groups excluding tert-OH is 2. The summed E-state index contributed by atoms with van der Waals surface area (Å²) >= 11 is 0. The van der Waals surface area contributed by atoms with Crippen molar-refractivity contribution in [3.63, 3.8) is 0 Å². The molecule has 6 N–H and O–H groups in total. The number of carboxylic acid groups (broad SMARTS) is 1. The number of halogens is 1. The zero-order valence-corrected chi connectivity index (χ0v) is 45.2. The molecule has 0 bridgehead atoms. The van der Waals surface area contributed by atoms with Crippen molar-refractivity contribution < 1.29 is 67.4 Å². The molecule has 4 heterocycles. The van der Waals surface area contributed by atoms with Crippen molar-refractivity contribution >= 4 is 46.9 Å². The van der Waals surface area contributed by atoms with Crippen LogP contribution in [0.5, 0.6) is 5.75 Å². The van der Waals surface area contributed by atoms with Gasteiger partial charge in [0.15, 0.2) is 0 Å². The minimum atomic E-state index is -1.25. The van der Waals surface area contributed by atoms with Gasteiger partial charge in [0.2, 0.25) is 11.8 Å². The van der Waals surface area contributed by atoms with E-state index in [1.165, 1.54) is 18.2 Å². The number of amides is 5. The molecule has 3 atom stereocenters. The average Bonchev–Trinajstić information content (AvgIpc) is 3.19. The maximum Gasteiger partial charge on any atom is 0.305 e. The van der Waals surface area contributed by atoms with Gasteiger partial charge in [-0.15, -0.1) is 5.10 Å². The number of para-hydroxylation sites is 1. The first-order chi connectivity index (χ1) is 39.2. The second kappa shape index (κ2) is 28.3. The van der Waals surface area contributed by atoms with Gasteiger partial charge in [-0.2, -0.15) is 0 Å². The first-order valence-electron chi connectivity index (χ1n) is 27.1. The Bertz CT molecular complexity index is 3170. The highest BCUT2D eigenvalue weighted by atomic mass is 19.1. The third-order valence-electron chi connectivity index (χ3n) is 13.7. The number of nitrogens with zero attached hydrogens (tertiary/aromatic N) is 5. The number of benzene rings is 4. The lowest BCUT2D eigenvalue weighted by Crippen LogP contribution is -2.54. The van der Waals surface area contributed by atoms with E-state index in [4.69, 9.17) is 18.9 Å². The summed E-state index contributed by atoms with van der Waals surface area (Å²) in [6.07, 6.45) is 0.325. The molecule has 1 saturated heterocycles. The molecule has 2 aliphatic rings. The molecular formula is C59H67FN8O13. The molecule has 22 heteroatoms. The van der Waals surface area contributed by atoms with Crippen LogP contribution in [0.15, 0.2) is 103 Å². The molecule has 0 radical (unpaired) electrons. The van der Waals surface area contributed by atoms with Crippen molar-refractivity contribution in [1.29, 1.82) is 0 Å². The number of rotatable bonds is 31. The molecule has 81 heavy (non-hydrogen) atoms. The van der Waals surface area contributed by atoms with Crippen LogP contribution in [0.3, 0.4) is 0 Å². The topological polar surface area (TPSA) is 275 Å². The van der Waals surface area contributed by atoms with Crippen molar-refractivity contribution in [2.24, 2.45) is 0 Å². The summed E-state index contributed by atoms with van der Waals surface area (Å²) in [6, 6.07) is 26.3. The third kappa shape index (κ3) is 15.4. The molecule has 1 fully saturated rings. The number of aliphatic carboxylic acids is 1. The Balaban J connectivity index is 0.794. The fourth-order valence-electron chi connectivity index (χ4n) is 9.97. The number of aromatic nitrogens is 4. The van der Waals surface area contributed by atoms with E-state index in [9.17, 15) is 48.5 Å². The first kappa shape index (κ1) is 59.0. The summed E-state index contributed by atoms with van der Waals surface area (Å²) in [6.45, 7) is 7.33. The summed E-state index contributed by atoms with van der Waals surface area (Å²) in [5.41, 5.74) is 5.70. The van der Waals surface area contributed by atoms with E-state index in [1.54, 1.807) is 41.1 Å². The maximum absolute atomic E-state index is 14.7. The molecule has 0 spiro atoms. The molecule has 0 aliphatic carbocycles. The summed E-state index contributed by atoms with van der Waals surface area (Å²) in [7, 11) is 0. The Morgan fingerprint density at radius 2 is 1.53 bits per heavy atom. The van der Waals surface area contributed by atoms with Crippen molar-refractivity contribution in [2.75, 3.05) is 63.4 Å². The zero-order valence-electron chi connectivity index (χ0n) is 45.2. The molecule has 0 saturated carbocycles. The van der Waals surface area contributed by atoms with E-state index in [1.807, 2.05) is 67.1 Å². The molecular weight excluding hydrogens is 1050 g/mol. The number of ether oxygens (including phenoxy) is 4. The van der Waals surface area contributed by atoms with Gasteiger partial charge in [0.05, 0.1) is 99.5 Å². The van der Waals surface area contributed by atoms with Crippen LogP contribution in [0.2, 0.25) is 0 Å². The van der Waals surface area contributed by atoms with E-state index in [-0.39, 0.29) is 55.2 Å². The highest BCUT2D eigenvalue weighted by Gasteiger charge is 2.45. The van der Waals surface area contributed by atoms with Gasteiger partial charge in [-0.25, -0.2) is 9.07 Å². The number of piperidine rings is 1. The van der Waals surface area contributed by atoms with Crippen molar-refractivity contribution in [1.82, 2.24) is 29.8 Å². The first-order valence-corrected chi connectivity index (χ1v) is 27.1. The van der Waals surface area contributed by atoms with E-state index >= 15 is 0 Å². The quantitative estimate of drug-likeness (QED) is 0.0201. The van der Waals surface area contributed by atoms with Crippen LogP contribution in [0, 0.1) is 5.82 Å². The zero-order chi connectivity index (χ0) is 57.4. The molecule has 8 rings (SSSR count). The number of carboxylic acids is 1. The molecule has 428 valence electrons. The van der Waals surface area contributed by atoms with Gasteiger partial charge in [-0.1, -0.05) is 55.5 Å². The van der Waals surface area contributed by atoms with E-state index in [0.717, 1.165) is 10.6 Å². The largest absolute Gasteiger partial charge is 0.494 e. The van der Waals surface area contributed by atoms with Gasteiger partial charge in [0, 0.05) is 48.3 Å². The number of carbonyl (C=O) groups excluding carboxylic acids is 5. The monoisotopic (exact) mass is 1110 g/mol. The van der Waals surface area contributed by atoms with E-state index in [0.29, 0.717) is 123 Å². The fraction of sp³-hybridized carbons (Fsp3) is 0.390. The summed E-state index contributed by atoms with van der Waals surface area (Å²) < 4.78 is 41.5. The lowest BCUT2D eigenvalue weighted by Gasteiger charge is -2.27. The number of hydrogen-bond donors (Lipinski definition) is 6. The normalized spacial score (nSPS) is 15.0. The Morgan fingerprint density at radius 3 is 2.26 bits per heavy atom. The lowest BCUT2D eigenvalue weighted by atomic mass is 9.94. The van der Waals surface area contributed by atoms with Crippen LogP contribution in [-0.2, 0) is 48.1 Å². The number of hydrogen-bond acceptors (Lipinski definition) is 15. The number of aryl methyl sites for hydroxylation is 1. The van der Waals surface area contributed by atoms with Crippen molar-refractivity contribution in [2.45, 2.75) is 96.1 Å². The van der Waals surface area contributed by atoms with Crippen LogP contribution >= 0.6 is 0 Å². The predicted octanol–water partition coefficient (Wildman–Crippen LogP) is 6.48. The lowest BCUT2D eigenvalue weighted by molar-refractivity contribution is -0.140. The number of aliphatic hydroxyl groups is 2. The maximum atomic E-state index is 14.7. The SMILES string of the molecule is CC(C)c1c(C(=O)Nc2ccccc2)c(-c2cccc(OCCCc3cn(CCOCCOCCOCCNc4cccc5c4C(=O)N(C4CCC(=O)NC4=O)C5=O)nn3)c2)c(-c2ccc(F)cc2)n1CC[C@@H](O)C[C@@H](O)CC(=O)O. The fourth-order valence-corrected chi connectivity index (χ4v) is 9.97. The Labute approximate surface area is 467 Å². The van der Waals surface area contributed by atoms with Crippen molar-refractivity contribution in [3.05, 3.63) is 137 Å². The van der Waals surface area contributed by atoms with E-state index in [2.05, 4.69) is 26.3 Å². The van der Waals surface area contributed by atoms with Crippen LogP contribution in [0.1, 0.15) is 101 Å². The molecule has 4 aromatic carbocycles. The molecule has 6 aromatic rings. The molecule has 5 amide bonds. The highest BCUT2D eigenvalue weighted by Crippen LogP contribution is 2.44. The van der Waals surface area contributed by atoms with Gasteiger partial charge >= 0.3 is 5.97 Å². The minimum Gasteiger partial charge on any atom is -0.494 e. The number of nitrogens with one attached hydrogen (secondary N) is 3. The highest BCUT2D eigenvalue weighted by molar-refractivity contribution is 6.25. The van der Waals surface area contributed by atoms with Gasteiger partial charge in [0.25, 0.3) is 17.7 Å². The van der Waals surface area contributed by atoms with Gasteiger partial charge < -0.3 is 49.5 Å². The van der Waals surface area contributed by atoms with Crippen molar-refractivity contribution in [3.8, 4) is 28.1 Å². The van der Waals surface area contributed by atoms with Crippen LogP contribution < -0.4 is 20.7 Å². The second-order valence-electron chi connectivity index (χ2n) is 19.9. The van der Waals surface area contributed by atoms with Crippen LogP contribution in [-0.4, -0.2) is 146 Å². The second-order valence-corrected chi connectivity index (χ2v) is 19.9. The van der Waals surface area contributed by atoms with E-state index < -0.39 is 60.1 Å². The molecule has 2 aromatic heterocycles. The number of imide groups is 2. The minimum absolute atomic E-state index is 0.0414. The Morgan fingerprint density at radius 1 is 0.802 bits per heavy atom. The van der Waals surface area contributed by atoms with Crippen LogP contribution in [0.4, 0.5) is 15.8 Å². The summed E-state index contributed by atoms with van der Waals surface area (Å²) in [5, 5.41) is 47.5. The number of anilines is 2. The molecule has 1 unspecified atom stereocenters. The summed E-state index contributed by atoms with van der Waals surface area (Å²) in [4.78, 5) is 77.3. The molecule has 21 nitrogen and oxygen atoms in total.